The first kappa shape index (κ1) is 24.8. The Morgan fingerprint density at radius 2 is 1.56 bits per heavy atom. The number of halogens is 1. The number of anilines is 1. The van der Waals surface area contributed by atoms with Gasteiger partial charge < -0.3 is 25.4 Å². The molecule has 0 fully saturated rings. The molecule has 0 aliphatic carbocycles. The number of methoxy groups -OCH3 is 1. The van der Waals surface area contributed by atoms with Crippen LogP contribution in [-0.4, -0.2) is 38.0 Å². The highest BCUT2D eigenvalue weighted by molar-refractivity contribution is 9.10. The summed E-state index contributed by atoms with van der Waals surface area (Å²) in [5.74, 6) is -0.214. The minimum Gasteiger partial charge on any atom is -0.497 e. The van der Waals surface area contributed by atoms with Crippen LogP contribution in [-0.2, 0) is 16.1 Å². The fourth-order valence-corrected chi connectivity index (χ4v) is 3.18. The van der Waals surface area contributed by atoms with Gasteiger partial charge in [0.2, 0.25) is 5.91 Å². The molecule has 3 aromatic rings. The van der Waals surface area contributed by atoms with Crippen molar-refractivity contribution < 1.29 is 23.9 Å². The molecule has 0 atom stereocenters. The molecular weight excluding hydrogens is 502 g/mol. The molecule has 0 bridgehead atoms. The fraction of sp³-hybridized carbons (Fsp3) is 0.160. The van der Waals surface area contributed by atoms with Crippen molar-refractivity contribution >= 4 is 39.3 Å². The Morgan fingerprint density at radius 1 is 0.853 bits per heavy atom. The van der Waals surface area contributed by atoms with Crippen LogP contribution in [0.4, 0.5) is 5.69 Å². The monoisotopic (exact) mass is 525 g/mol. The molecule has 0 saturated carbocycles. The average molecular weight is 526 g/mol. The smallest absolute Gasteiger partial charge is 0.262 e. The fourth-order valence-electron chi connectivity index (χ4n) is 2.92. The van der Waals surface area contributed by atoms with Gasteiger partial charge in [-0.2, -0.15) is 0 Å². The zero-order valence-corrected chi connectivity index (χ0v) is 20.1. The van der Waals surface area contributed by atoms with Gasteiger partial charge in [-0.25, -0.2) is 0 Å². The number of carbonyl (C=O) groups excluding carboxylic acids is 3. The third-order valence-electron chi connectivity index (χ3n) is 4.68. The summed E-state index contributed by atoms with van der Waals surface area (Å²) in [6.45, 7) is -0.151. The minimum atomic E-state index is -0.483. The molecule has 0 spiro atoms. The minimum absolute atomic E-state index is 0.201. The number of carbonyl (C=O) groups is 3. The quantitative estimate of drug-likeness (QED) is 0.375. The summed E-state index contributed by atoms with van der Waals surface area (Å²) < 4.78 is 11.6. The Labute approximate surface area is 205 Å². The lowest BCUT2D eigenvalue weighted by molar-refractivity contribution is -0.120. The van der Waals surface area contributed by atoms with Crippen molar-refractivity contribution in [2.45, 2.75) is 6.54 Å². The molecule has 0 aromatic heterocycles. The van der Waals surface area contributed by atoms with Crippen LogP contribution >= 0.6 is 15.9 Å². The molecule has 0 saturated heterocycles. The first-order chi connectivity index (χ1) is 16.4. The van der Waals surface area contributed by atoms with Gasteiger partial charge in [0.05, 0.1) is 19.2 Å². The van der Waals surface area contributed by atoms with E-state index >= 15 is 0 Å². The Bertz CT molecular complexity index is 1130. The summed E-state index contributed by atoms with van der Waals surface area (Å²) in [5, 5.41) is 8.03. The van der Waals surface area contributed by atoms with E-state index in [9.17, 15) is 14.4 Å². The normalized spacial score (nSPS) is 10.2. The van der Waals surface area contributed by atoms with Crippen LogP contribution in [0, 0.1) is 0 Å². The topological polar surface area (TPSA) is 106 Å². The summed E-state index contributed by atoms with van der Waals surface area (Å²) in [7, 11) is 1.58. The van der Waals surface area contributed by atoms with Gasteiger partial charge in [-0.1, -0.05) is 40.2 Å². The molecule has 8 nitrogen and oxygen atoms in total. The van der Waals surface area contributed by atoms with E-state index in [1.807, 2.05) is 24.3 Å². The van der Waals surface area contributed by atoms with E-state index in [-0.39, 0.29) is 36.3 Å². The van der Waals surface area contributed by atoms with Gasteiger partial charge in [0.1, 0.15) is 11.5 Å². The number of rotatable bonds is 10. The van der Waals surface area contributed by atoms with Crippen LogP contribution < -0.4 is 25.4 Å². The Morgan fingerprint density at radius 3 is 2.26 bits per heavy atom. The van der Waals surface area contributed by atoms with E-state index in [1.54, 1.807) is 55.6 Å². The molecule has 34 heavy (non-hydrogen) atoms. The SMILES string of the molecule is COc1ccc(CNC(=O)CNC(=O)c2ccccc2OCC(=O)Nc2ccc(Br)cc2)cc1. The van der Waals surface area contributed by atoms with Crippen molar-refractivity contribution in [3.63, 3.8) is 0 Å². The van der Waals surface area contributed by atoms with Gasteiger partial charge in [0.25, 0.3) is 11.8 Å². The molecular formula is C25H24BrN3O5. The van der Waals surface area contributed by atoms with Gasteiger partial charge in [-0.3, -0.25) is 14.4 Å². The van der Waals surface area contributed by atoms with E-state index in [0.29, 0.717) is 12.2 Å². The predicted octanol–water partition coefficient (Wildman–Crippen LogP) is 3.52. The summed E-state index contributed by atoms with van der Waals surface area (Å²) >= 11 is 3.34. The van der Waals surface area contributed by atoms with Crippen molar-refractivity contribution in [3.05, 3.63) is 88.4 Å². The zero-order chi connectivity index (χ0) is 24.3. The van der Waals surface area contributed by atoms with E-state index in [1.165, 1.54) is 0 Å². The summed E-state index contributed by atoms with van der Waals surface area (Å²) in [4.78, 5) is 36.9. The van der Waals surface area contributed by atoms with Crippen molar-refractivity contribution in [2.24, 2.45) is 0 Å². The van der Waals surface area contributed by atoms with Crippen LogP contribution in [0.5, 0.6) is 11.5 Å². The highest BCUT2D eigenvalue weighted by Crippen LogP contribution is 2.18. The maximum atomic E-state index is 12.6. The van der Waals surface area contributed by atoms with Gasteiger partial charge in [-0.05, 0) is 54.1 Å². The van der Waals surface area contributed by atoms with Gasteiger partial charge >= 0.3 is 0 Å². The molecule has 176 valence electrons. The van der Waals surface area contributed by atoms with Crippen LogP contribution in [0.2, 0.25) is 0 Å². The average Bonchev–Trinajstić information content (AvgIpc) is 2.86. The predicted molar refractivity (Wildman–Crippen MR) is 132 cm³/mol. The number of benzene rings is 3. The standard InChI is InChI=1S/C25H24BrN3O5/c1-33-20-12-6-17(7-13-20)14-27-23(30)15-28-25(32)21-4-2-3-5-22(21)34-16-24(31)29-19-10-8-18(26)9-11-19/h2-13H,14-16H2,1H3,(H,27,30)(H,28,32)(H,29,31). The number of para-hydroxylation sites is 1. The lowest BCUT2D eigenvalue weighted by Gasteiger charge is -2.12. The molecule has 0 radical (unpaired) electrons. The highest BCUT2D eigenvalue weighted by atomic mass is 79.9. The number of hydrogen-bond acceptors (Lipinski definition) is 5. The molecule has 3 N–H and O–H groups in total. The van der Waals surface area contributed by atoms with Crippen molar-refractivity contribution in [1.29, 1.82) is 0 Å². The number of hydrogen-bond donors (Lipinski definition) is 3. The second-order valence-corrected chi connectivity index (χ2v) is 8.06. The number of amides is 3. The first-order valence-corrected chi connectivity index (χ1v) is 11.2. The second kappa shape index (κ2) is 12.4. The van der Waals surface area contributed by atoms with E-state index in [0.717, 1.165) is 15.8 Å². The molecule has 3 aromatic carbocycles. The maximum absolute atomic E-state index is 12.6. The van der Waals surface area contributed by atoms with Gasteiger partial charge in [0.15, 0.2) is 6.61 Å². The number of nitrogens with one attached hydrogen (secondary N) is 3. The Hall–Kier alpha value is -3.85. The molecule has 0 heterocycles. The lowest BCUT2D eigenvalue weighted by Crippen LogP contribution is -2.36. The van der Waals surface area contributed by atoms with E-state index < -0.39 is 5.91 Å². The summed E-state index contributed by atoms with van der Waals surface area (Å²) in [6, 6.07) is 20.9. The second-order valence-electron chi connectivity index (χ2n) is 7.15. The largest absolute Gasteiger partial charge is 0.497 e. The van der Waals surface area contributed by atoms with Gasteiger partial charge in [0, 0.05) is 16.7 Å². The highest BCUT2D eigenvalue weighted by Gasteiger charge is 2.14. The third-order valence-corrected chi connectivity index (χ3v) is 5.21. The Balaban J connectivity index is 1.47. The van der Waals surface area contributed by atoms with Crippen molar-refractivity contribution in [2.75, 3.05) is 25.6 Å². The van der Waals surface area contributed by atoms with E-state index in [2.05, 4.69) is 31.9 Å². The molecule has 3 rings (SSSR count). The van der Waals surface area contributed by atoms with Crippen LogP contribution in [0.15, 0.2) is 77.3 Å². The van der Waals surface area contributed by atoms with Gasteiger partial charge in [-0.15, -0.1) is 0 Å². The van der Waals surface area contributed by atoms with Crippen molar-refractivity contribution in [1.82, 2.24) is 10.6 Å². The molecule has 9 heteroatoms. The molecule has 0 aliphatic rings. The Kier molecular flexibility index (Phi) is 9.04. The van der Waals surface area contributed by atoms with E-state index in [4.69, 9.17) is 9.47 Å². The third kappa shape index (κ3) is 7.63. The molecule has 3 amide bonds. The molecule has 0 aliphatic heterocycles. The van der Waals surface area contributed by atoms with Crippen LogP contribution in [0.25, 0.3) is 0 Å². The van der Waals surface area contributed by atoms with Crippen LogP contribution in [0.3, 0.4) is 0 Å². The van der Waals surface area contributed by atoms with Crippen molar-refractivity contribution in [3.8, 4) is 11.5 Å². The summed E-state index contributed by atoms with van der Waals surface area (Å²) in [5.41, 5.74) is 1.76. The van der Waals surface area contributed by atoms with Crippen LogP contribution in [0.1, 0.15) is 15.9 Å². The lowest BCUT2D eigenvalue weighted by atomic mass is 10.2. The first-order valence-electron chi connectivity index (χ1n) is 10.4. The number of ether oxygens (including phenoxy) is 2. The maximum Gasteiger partial charge on any atom is 0.262 e. The summed E-state index contributed by atoms with van der Waals surface area (Å²) in [6.07, 6.45) is 0. The molecule has 0 unspecified atom stereocenters. The zero-order valence-electron chi connectivity index (χ0n) is 18.5.